The lowest BCUT2D eigenvalue weighted by atomic mass is 9.95. The Morgan fingerprint density at radius 1 is 1.05 bits per heavy atom. The first-order valence-corrected chi connectivity index (χ1v) is 7.30. The van der Waals surface area contributed by atoms with E-state index in [-0.39, 0.29) is 11.7 Å². The number of hydrogen-bond donors (Lipinski definition) is 1. The fourth-order valence-electron chi connectivity index (χ4n) is 2.09. The maximum atomic E-state index is 13.9. The van der Waals surface area contributed by atoms with Crippen LogP contribution in [-0.4, -0.2) is 53.7 Å². The van der Waals surface area contributed by atoms with E-state index in [0.717, 1.165) is 18.5 Å². The molecule has 0 bridgehead atoms. The predicted molar refractivity (Wildman–Crippen MR) is 81.2 cm³/mol. The van der Waals surface area contributed by atoms with Crippen molar-refractivity contribution in [2.24, 2.45) is 0 Å². The van der Waals surface area contributed by atoms with Gasteiger partial charge in [0.15, 0.2) is 0 Å². The lowest BCUT2D eigenvalue weighted by Gasteiger charge is -2.19. The first-order chi connectivity index (χ1) is 10.3. The van der Waals surface area contributed by atoms with Gasteiger partial charge in [0.1, 0.15) is 5.82 Å². The van der Waals surface area contributed by atoms with Crippen LogP contribution in [0.4, 0.5) is 4.39 Å². The summed E-state index contributed by atoms with van der Waals surface area (Å²) in [5.41, 5.74) is 0.734. The Hall–Kier alpha value is -1.01. The fourth-order valence-corrected chi connectivity index (χ4v) is 2.09. The number of benzene rings is 1. The number of halogens is 1. The third-order valence-electron chi connectivity index (χ3n) is 3.26. The molecule has 0 saturated heterocycles. The summed E-state index contributed by atoms with van der Waals surface area (Å²) in [4.78, 5) is 0. The molecule has 5 heteroatoms. The molecule has 0 fully saturated rings. The van der Waals surface area contributed by atoms with Crippen LogP contribution in [0, 0.1) is 5.82 Å². The van der Waals surface area contributed by atoms with Gasteiger partial charge in [-0.25, -0.2) is 4.39 Å². The molecular weight excluding hydrogens is 273 g/mol. The second-order valence-electron chi connectivity index (χ2n) is 4.81. The summed E-state index contributed by atoms with van der Waals surface area (Å²) >= 11 is 0. The van der Waals surface area contributed by atoms with Gasteiger partial charge in [-0.15, -0.1) is 0 Å². The Bertz CT molecular complexity index is 376. The van der Waals surface area contributed by atoms with Gasteiger partial charge in [-0.2, -0.15) is 0 Å². The molecule has 1 aromatic carbocycles. The molecule has 120 valence electrons. The zero-order valence-electron chi connectivity index (χ0n) is 12.9. The second kappa shape index (κ2) is 11.6. The lowest BCUT2D eigenvalue weighted by molar-refractivity contribution is 0.0668. The number of nitrogens with one attached hydrogen (secondary N) is 1. The minimum absolute atomic E-state index is 0.0885. The topological polar surface area (TPSA) is 39.7 Å². The maximum absolute atomic E-state index is 13.9. The molecule has 1 aromatic rings. The summed E-state index contributed by atoms with van der Waals surface area (Å²) in [5, 5.41) is 3.29. The highest BCUT2D eigenvalue weighted by atomic mass is 19.1. The molecule has 0 heterocycles. The molecule has 0 amide bonds. The van der Waals surface area contributed by atoms with Crippen molar-refractivity contribution in [2.75, 3.05) is 53.7 Å². The number of methoxy groups -OCH3 is 2. The van der Waals surface area contributed by atoms with E-state index < -0.39 is 0 Å². The Kier molecular flexibility index (Phi) is 9.99. The molecule has 0 radical (unpaired) electrons. The molecule has 0 aliphatic carbocycles. The van der Waals surface area contributed by atoms with Gasteiger partial charge >= 0.3 is 0 Å². The van der Waals surface area contributed by atoms with Gasteiger partial charge in [0.05, 0.1) is 19.8 Å². The molecule has 1 unspecified atom stereocenters. The average Bonchev–Trinajstić information content (AvgIpc) is 2.50. The van der Waals surface area contributed by atoms with Gasteiger partial charge in [0.25, 0.3) is 0 Å². The van der Waals surface area contributed by atoms with Gasteiger partial charge in [-0.05, 0) is 18.1 Å². The Morgan fingerprint density at radius 3 is 2.52 bits per heavy atom. The van der Waals surface area contributed by atoms with Gasteiger partial charge in [-0.3, -0.25) is 0 Å². The van der Waals surface area contributed by atoms with E-state index in [0.29, 0.717) is 33.0 Å². The summed E-state index contributed by atoms with van der Waals surface area (Å²) < 4.78 is 29.4. The SMILES string of the molecule is COCCNCC(CCOCCOC)c1ccccc1F. The van der Waals surface area contributed by atoms with Crippen LogP contribution in [0.1, 0.15) is 17.9 Å². The zero-order chi connectivity index (χ0) is 15.3. The molecule has 1 rings (SSSR count). The highest BCUT2D eigenvalue weighted by molar-refractivity contribution is 5.22. The Labute approximate surface area is 126 Å². The number of ether oxygens (including phenoxy) is 3. The van der Waals surface area contributed by atoms with Crippen LogP contribution in [0.25, 0.3) is 0 Å². The summed E-state index contributed by atoms with van der Waals surface area (Å²) in [6.07, 6.45) is 0.768. The minimum atomic E-state index is -0.159. The van der Waals surface area contributed by atoms with Crippen LogP contribution >= 0.6 is 0 Å². The number of hydrogen-bond acceptors (Lipinski definition) is 4. The van der Waals surface area contributed by atoms with Crippen LogP contribution in [0.2, 0.25) is 0 Å². The van der Waals surface area contributed by atoms with Gasteiger partial charge < -0.3 is 19.5 Å². The normalized spacial score (nSPS) is 12.5. The molecule has 0 aliphatic rings. The van der Waals surface area contributed by atoms with E-state index in [1.54, 1.807) is 20.3 Å². The van der Waals surface area contributed by atoms with Gasteiger partial charge in [-0.1, -0.05) is 18.2 Å². The highest BCUT2D eigenvalue weighted by Gasteiger charge is 2.15. The highest BCUT2D eigenvalue weighted by Crippen LogP contribution is 2.22. The molecule has 21 heavy (non-hydrogen) atoms. The maximum Gasteiger partial charge on any atom is 0.126 e. The smallest absolute Gasteiger partial charge is 0.126 e. The van der Waals surface area contributed by atoms with Crippen LogP contribution in [0.5, 0.6) is 0 Å². The summed E-state index contributed by atoms with van der Waals surface area (Å²) in [6, 6.07) is 6.92. The molecule has 0 aromatic heterocycles. The van der Waals surface area contributed by atoms with Crippen LogP contribution < -0.4 is 5.32 Å². The van der Waals surface area contributed by atoms with E-state index >= 15 is 0 Å². The lowest BCUT2D eigenvalue weighted by Crippen LogP contribution is -2.26. The summed E-state index contributed by atoms with van der Waals surface area (Å²) in [5.74, 6) is -0.0708. The summed E-state index contributed by atoms with van der Waals surface area (Å²) in [6.45, 7) is 3.85. The van der Waals surface area contributed by atoms with Crippen molar-refractivity contribution in [1.29, 1.82) is 0 Å². The molecule has 0 saturated carbocycles. The monoisotopic (exact) mass is 299 g/mol. The first kappa shape index (κ1) is 18.0. The van der Waals surface area contributed by atoms with Crippen molar-refractivity contribution < 1.29 is 18.6 Å². The van der Waals surface area contributed by atoms with Crippen molar-refractivity contribution in [1.82, 2.24) is 5.32 Å². The van der Waals surface area contributed by atoms with Crippen molar-refractivity contribution in [2.45, 2.75) is 12.3 Å². The molecule has 0 spiro atoms. The van der Waals surface area contributed by atoms with Crippen LogP contribution in [0.3, 0.4) is 0 Å². The Balaban J connectivity index is 2.47. The number of rotatable bonds is 12. The molecular formula is C16H26FNO3. The Morgan fingerprint density at radius 2 is 1.81 bits per heavy atom. The third kappa shape index (κ3) is 7.52. The zero-order valence-corrected chi connectivity index (χ0v) is 12.9. The van der Waals surface area contributed by atoms with Gasteiger partial charge in [0.2, 0.25) is 0 Å². The first-order valence-electron chi connectivity index (χ1n) is 7.30. The van der Waals surface area contributed by atoms with Gasteiger partial charge in [0, 0.05) is 39.8 Å². The van der Waals surface area contributed by atoms with Crippen molar-refractivity contribution >= 4 is 0 Å². The summed E-state index contributed by atoms with van der Waals surface area (Å²) in [7, 11) is 3.31. The van der Waals surface area contributed by atoms with Crippen molar-refractivity contribution in [3.05, 3.63) is 35.6 Å². The molecule has 0 aliphatic heterocycles. The quantitative estimate of drug-likeness (QED) is 0.601. The third-order valence-corrected chi connectivity index (χ3v) is 3.26. The minimum Gasteiger partial charge on any atom is -0.383 e. The predicted octanol–water partition coefficient (Wildman–Crippen LogP) is 2.20. The van der Waals surface area contributed by atoms with Crippen molar-refractivity contribution in [3.63, 3.8) is 0 Å². The van der Waals surface area contributed by atoms with Crippen molar-refractivity contribution in [3.8, 4) is 0 Å². The van der Waals surface area contributed by atoms with E-state index in [2.05, 4.69) is 5.32 Å². The average molecular weight is 299 g/mol. The van der Waals surface area contributed by atoms with E-state index in [1.165, 1.54) is 6.07 Å². The standard InChI is InChI=1S/C16H26FNO3/c1-19-10-8-18-13-14(7-9-21-12-11-20-2)15-5-3-4-6-16(15)17/h3-6,14,18H,7-13H2,1-2H3. The van der Waals surface area contributed by atoms with E-state index in [9.17, 15) is 4.39 Å². The largest absolute Gasteiger partial charge is 0.383 e. The van der Waals surface area contributed by atoms with Crippen LogP contribution in [-0.2, 0) is 14.2 Å². The molecule has 4 nitrogen and oxygen atoms in total. The van der Waals surface area contributed by atoms with Crippen LogP contribution in [0.15, 0.2) is 24.3 Å². The van der Waals surface area contributed by atoms with E-state index in [1.807, 2.05) is 12.1 Å². The fraction of sp³-hybridized carbons (Fsp3) is 0.625. The second-order valence-corrected chi connectivity index (χ2v) is 4.81. The molecule has 1 atom stereocenters. The van der Waals surface area contributed by atoms with E-state index in [4.69, 9.17) is 14.2 Å². The molecule has 1 N–H and O–H groups in total.